The maximum absolute atomic E-state index is 13.0. The molecular formula is C21H26IN7O4S. The van der Waals surface area contributed by atoms with Gasteiger partial charge in [-0.25, -0.2) is 0 Å². The molecular weight excluding hydrogens is 573 g/mol. The molecule has 0 aliphatic carbocycles. The molecule has 0 aromatic carbocycles. The number of halogens is 1. The number of nitrogens with zero attached hydrogens (tertiary/aromatic N) is 4. The number of alkyl halides is 2. The van der Waals surface area contributed by atoms with Gasteiger partial charge in [0.25, 0.3) is 0 Å². The normalized spacial score (nSPS) is 19.4. The first-order valence-electron chi connectivity index (χ1n) is 10.6. The first-order chi connectivity index (χ1) is 16.2. The number of hydrogen-bond acceptors (Lipinski definition) is 8. The van der Waals surface area contributed by atoms with E-state index in [1.165, 1.54) is 11.3 Å². The Kier molecular flexibility index (Phi) is 7.42. The van der Waals surface area contributed by atoms with Crippen LogP contribution in [0.15, 0.2) is 18.3 Å². The van der Waals surface area contributed by atoms with Gasteiger partial charge in [0.15, 0.2) is 0 Å². The number of nitrogens with one attached hydrogen (secondary N) is 3. The quantitative estimate of drug-likeness (QED) is 0.156. The number of carbonyl (C=O) groups excluding carboxylic acids is 4. The molecule has 2 aromatic rings. The fourth-order valence-electron chi connectivity index (χ4n) is 3.45. The van der Waals surface area contributed by atoms with Crippen LogP contribution in [0.25, 0.3) is 0 Å². The maximum atomic E-state index is 13.0. The third kappa shape index (κ3) is 5.70. The van der Waals surface area contributed by atoms with Crippen LogP contribution < -0.4 is 14.2 Å². The van der Waals surface area contributed by atoms with E-state index in [4.69, 9.17) is 0 Å². The number of aromatic nitrogens is 2. The molecule has 2 aliphatic heterocycles. The van der Waals surface area contributed by atoms with Gasteiger partial charge in [-0.2, -0.15) is 0 Å². The predicted molar refractivity (Wildman–Crippen MR) is 135 cm³/mol. The molecule has 1 fully saturated rings. The SMILES string of the molecule is Cc1ccc(NC(=O)C(=O)N[C@H]2CC(=O)N(C)CI2NC(=O)c2nc3c(s2)CN(C)CC3)nc1. The molecule has 0 bridgehead atoms. The number of hydrogen-bond donors (Lipinski definition) is 3. The molecule has 2 aromatic heterocycles. The van der Waals surface area contributed by atoms with Crippen LogP contribution in [0.4, 0.5) is 5.82 Å². The molecule has 4 rings (SSSR count). The molecule has 4 heterocycles. The van der Waals surface area contributed by atoms with Crippen molar-refractivity contribution >= 4 is 60.9 Å². The van der Waals surface area contributed by atoms with Crippen LogP contribution in [0.1, 0.15) is 32.4 Å². The Labute approximate surface area is 208 Å². The minimum atomic E-state index is -2.45. The summed E-state index contributed by atoms with van der Waals surface area (Å²) in [7, 11) is 3.70. The van der Waals surface area contributed by atoms with Gasteiger partial charge in [-0.05, 0) is 0 Å². The second-order valence-corrected chi connectivity index (χ2v) is 14.3. The van der Waals surface area contributed by atoms with Gasteiger partial charge in [0, 0.05) is 0 Å². The van der Waals surface area contributed by atoms with Crippen molar-refractivity contribution in [2.75, 3.05) is 30.5 Å². The molecule has 3 N–H and O–H groups in total. The van der Waals surface area contributed by atoms with Crippen LogP contribution in [0.5, 0.6) is 0 Å². The summed E-state index contributed by atoms with van der Waals surface area (Å²) >= 11 is -1.07. The number of carbonyl (C=O) groups is 4. The predicted octanol–water partition coefficient (Wildman–Crippen LogP) is 0.886. The summed E-state index contributed by atoms with van der Waals surface area (Å²) in [5.41, 5.74) is 1.88. The van der Waals surface area contributed by atoms with E-state index in [-0.39, 0.29) is 24.1 Å². The van der Waals surface area contributed by atoms with Gasteiger partial charge in [0.05, 0.1) is 0 Å². The number of pyridine rings is 1. The zero-order chi connectivity index (χ0) is 24.4. The van der Waals surface area contributed by atoms with Gasteiger partial charge >= 0.3 is 209 Å². The van der Waals surface area contributed by atoms with Crippen LogP contribution in [0.2, 0.25) is 0 Å². The van der Waals surface area contributed by atoms with Crippen LogP contribution in [0, 0.1) is 6.92 Å². The average Bonchev–Trinajstić information content (AvgIpc) is 3.22. The zero-order valence-electron chi connectivity index (χ0n) is 19.1. The molecule has 2 aliphatic rings. The van der Waals surface area contributed by atoms with E-state index in [9.17, 15) is 19.2 Å². The molecule has 4 amide bonds. The number of fused-ring (bicyclic) bond motifs is 1. The summed E-state index contributed by atoms with van der Waals surface area (Å²) in [5.74, 6) is -1.92. The minimum absolute atomic E-state index is 0.0304. The summed E-state index contributed by atoms with van der Waals surface area (Å²) < 4.78 is 2.83. The molecule has 0 unspecified atom stereocenters. The molecule has 0 radical (unpaired) electrons. The third-order valence-corrected chi connectivity index (χ3v) is 12.0. The number of anilines is 1. The van der Waals surface area contributed by atoms with Gasteiger partial charge in [-0.1, -0.05) is 0 Å². The number of aryl methyl sites for hydroxylation is 1. The first kappa shape index (κ1) is 24.5. The van der Waals surface area contributed by atoms with E-state index in [1.54, 1.807) is 30.3 Å². The average molecular weight is 599 g/mol. The van der Waals surface area contributed by atoms with Crippen LogP contribution >= 0.6 is 31.4 Å². The molecule has 1 atom stereocenters. The van der Waals surface area contributed by atoms with E-state index in [2.05, 4.69) is 29.0 Å². The van der Waals surface area contributed by atoms with Gasteiger partial charge in [-0.15, -0.1) is 0 Å². The molecule has 1 saturated heterocycles. The van der Waals surface area contributed by atoms with Gasteiger partial charge in [0.1, 0.15) is 0 Å². The van der Waals surface area contributed by atoms with Crippen molar-refractivity contribution in [1.29, 1.82) is 0 Å². The molecule has 0 spiro atoms. The van der Waals surface area contributed by atoms with E-state index in [0.717, 1.165) is 35.6 Å². The van der Waals surface area contributed by atoms with Crippen molar-refractivity contribution in [3.05, 3.63) is 39.5 Å². The second kappa shape index (κ2) is 10.3. The topological polar surface area (TPSA) is 137 Å². The summed E-state index contributed by atoms with van der Waals surface area (Å²) in [6.45, 7) is 3.53. The summed E-state index contributed by atoms with van der Waals surface area (Å²) in [4.78, 5) is 63.6. The van der Waals surface area contributed by atoms with Gasteiger partial charge in [-0.3, -0.25) is 0 Å². The van der Waals surface area contributed by atoms with Crippen LogP contribution in [0.3, 0.4) is 0 Å². The molecule has 34 heavy (non-hydrogen) atoms. The molecule has 13 heteroatoms. The number of thiazole rings is 1. The summed E-state index contributed by atoms with van der Waals surface area (Å²) in [6.07, 6.45) is 2.42. The number of amides is 4. The molecule has 0 saturated carbocycles. The Balaban J connectivity index is 1.42. The Morgan fingerprint density at radius 3 is 2.74 bits per heavy atom. The fourth-order valence-corrected chi connectivity index (χ4v) is 9.67. The van der Waals surface area contributed by atoms with Crippen LogP contribution in [-0.2, 0) is 27.3 Å². The monoisotopic (exact) mass is 599 g/mol. The van der Waals surface area contributed by atoms with Gasteiger partial charge < -0.3 is 0 Å². The van der Waals surface area contributed by atoms with Crippen molar-refractivity contribution in [3.8, 4) is 0 Å². The molecule has 11 nitrogen and oxygen atoms in total. The van der Waals surface area contributed by atoms with E-state index in [0.29, 0.717) is 9.56 Å². The summed E-state index contributed by atoms with van der Waals surface area (Å²) in [5, 5.41) is 5.51. The second-order valence-electron chi connectivity index (χ2n) is 8.23. The summed E-state index contributed by atoms with van der Waals surface area (Å²) in [6, 6.07) is 3.37. The Morgan fingerprint density at radius 2 is 2.00 bits per heavy atom. The Hall–Kier alpha value is -2.65. The van der Waals surface area contributed by atoms with Crippen LogP contribution in [-0.4, -0.2) is 72.6 Å². The van der Waals surface area contributed by atoms with E-state index < -0.39 is 36.0 Å². The van der Waals surface area contributed by atoms with Gasteiger partial charge in [0.2, 0.25) is 0 Å². The fraction of sp³-hybridized carbons (Fsp3) is 0.429. The Bertz CT molecular complexity index is 1120. The third-order valence-electron chi connectivity index (χ3n) is 5.38. The standard InChI is InChI=1S/C21H26IN7O4S/c1-12-4-5-16(23-9-12)26-19(32)18(31)25-15-8-17(30)29(3)11-22(15)27-20(33)21-24-13-6-7-28(2)10-14(13)34-21/h4-5,9,15H,6-8,10-11H2,1-3H3,(H,25,31)(H,27,33)(H,23,26,32)/t15-/m0/s1. The first-order valence-corrected chi connectivity index (χ1v) is 15.3. The van der Waals surface area contributed by atoms with Crippen molar-refractivity contribution in [2.24, 2.45) is 0 Å². The van der Waals surface area contributed by atoms with E-state index in [1.807, 2.05) is 14.0 Å². The molecule has 182 valence electrons. The van der Waals surface area contributed by atoms with Crippen molar-refractivity contribution in [2.45, 2.75) is 30.4 Å². The zero-order valence-corrected chi connectivity index (χ0v) is 22.0. The van der Waals surface area contributed by atoms with Crippen molar-refractivity contribution in [1.82, 2.24) is 28.6 Å². The van der Waals surface area contributed by atoms with Crippen molar-refractivity contribution < 1.29 is 19.2 Å². The van der Waals surface area contributed by atoms with Crippen molar-refractivity contribution in [3.63, 3.8) is 0 Å². The Morgan fingerprint density at radius 1 is 1.21 bits per heavy atom. The number of likely N-dealkylation sites (N-methyl/N-ethyl adjacent to an activating group) is 1. The number of rotatable bonds is 4. The van der Waals surface area contributed by atoms with E-state index >= 15 is 0 Å².